The quantitative estimate of drug-likeness (QED) is 0.780. The molecular formula is C10H15N3OS2. The lowest BCUT2D eigenvalue weighted by atomic mass is 10.2. The predicted molar refractivity (Wildman–Crippen MR) is 67.4 cm³/mol. The second-order valence-corrected chi connectivity index (χ2v) is 5.64. The second kappa shape index (κ2) is 5.07. The van der Waals surface area contributed by atoms with E-state index >= 15 is 0 Å². The van der Waals surface area contributed by atoms with Gasteiger partial charge < -0.3 is 15.2 Å². The van der Waals surface area contributed by atoms with E-state index in [-0.39, 0.29) is 5.91 Å². The summed E-state index contributed by atoms with van der Waals surface area (Å²) in [6.45, 7) is 5.38. The molecule has 1 fully saturated rings. The van der Waals surface area contributed by atoms with E-state index in [2.05, 4.69) is 10.3 Å². The Kier molecular flexibility index (Phi) is 3.73. The number of thiazole rings is 1. The molecule has 6 heteroatoms. The zero-order valence-corrected chi connectivity index (χ0v) is 10.8. The Balaban J connectivity index is 2.01. The molecule has 1 aromatic rings. The van der Waals surface area contributed by atoms with Gasteiger partial charge in [0.15, 0.2) is 3.95 Å². The van der Waals surface area contributed by atoms with E-state index in [0.717, 1.165) is 40.7 Å². The lowest BCUT2D eigenvalue weighted by molar-refractivity contribution is -0.130. The van der Waals surface area contributed by atoms with Gasteiger partial charge in [-0.05, 0) is 19.1 Å². The number of nitrogens with zero attached hydrogens (tertiary/aromatic N) is 1. The molecule has 0 saturated carbocycles. The summed E-state index contributed by atoms with van der Waals surface area (Å²) < 4.78 is 0.751. The summed E-state index contributed by atoms with van der Waals surface area (Å²) in [5.74, 6) is 0.204. The first-order valence-electron chi connectivity index (χ1n) is 5.34. The minimum atomic E-state index is 0.204. The van der Waals surface area contributed by atoms with Crippen molar-refractivity contribution in [2.75, 3.05) is 26.2 Å². The third-order valence-electron chi connectivity index (χ3n) is 2.71. The molecule has 1 aliphatic rings. The average Bonchev–Trinajstić information content (AvgIpc) is 2.59. The Morgan fingerprint density at radius 2 is 2.19 bits per heavy atom. The molecule has 16 heavy (non-hydrogen) atoms. The highest BCUT2D eigenvalue weighted by Crippen LogP contribution is 2.16. The van der Waals surface area contributed by atoms with Crippen molar-refractivity contribution in [1.82, 2.24) is 15.2 Å². The van der Waals surface area contributed by atoms with Crippen LogP contribution in [0.25, 0.3) is 0 Å². The van der Waals surface area contributed by atoms with Crippen LogP contribution in [0.4, 0.5) is 0 Å². The molecule has 0 aromatic carbocycles. The maximum Gasteiger partial charge on any atom is 0.227 e. The second-order valence-electron chi connectivity index (χ2n) is 3.87. The van der Waals surface area contributed by atoms with Gasteiger partial charge in [0.1, 0.15) is 0 Å². The topological polar surface area (TPSA) is 48.1 Å². The van der Waals surface area contributed by atoms with Crippen molar-refractivity contribution in [1.29, 1.82) is 0 Å². The summed E-state index contributed by atoms with van der Waals surface area (Å²) in [6.07, 6.45) is 0.476. The molecule has 2 heterocycles. The minimum Gasteiger partial charge on any atom is -0.341 e. The third kappa shape index (κ3) is 2.69. The smallest absolute Gasteiger partial charge is 0.227 e. The van der Waals surface area contributed by atoms with Gasteiger partial charge in [-0.3, -0.25) is 4.79 Å². The number of aromatic amines is 1. The van der Waals surface area contributed by atoms with Crippen molar-refractivity contribution in [2.45, 2.75) is 13.3 Å². The SMILES string of the molecule is Cc1[nH]c(=S)sc1CC(=O)N1CCNCC1. The first-order valence-corrected chi connectivity index (χ1v) is 6.56. The van der Waals surface area contributed by atoms with Crippen molar-refractivity contribution in [3.05, 3.63) is 14.5 Å². The Bertz CT molecular complexity index is 432. The molecular weight excluding hydrogens is 242 g/mol. The average molecular weight is 257 g/mol. The fourth-order valence-corrected chi connectivity index (χ4v) is 3.05. The lowest BCUT2D eigenvalue weighted by Crippen LogP contribution is -2.46. The number of rotatable bonds is 2. The molecule has 0 unspecified atom stereocenters. The molecule has 4 nitrogen and oxygen atoms in total. The van der Waals surface area contributed by atoms with Crippen LogP contribution < -0.4 is 5.32 Å². The number of piperazine rings is 1. The zero-order valence-electron chi connectivity index (χ0n) is 9.21. The minimum absolute atomic E-state index is 0.204. The first kappa shape index (κ1) is 11.8. The fraction of sp³-hybridized carbons (Fsp3) is 0.600. The van der Waals surface area contributed by atoms with E-state index in [4.69, 9.17) is 12.2 Å². The van der Waals surface area contributed by atoms with Gasteiger partial charge in [-0.15, -0.1) is 11.3 Å². The molecule has 1 saturated heterocycles. The van der Waals surface area contributed by atoms with Crippen LogP contribution in [-0.2, 0) is 11.2 Å². The number of aryl methyl sites for hydroxylation is 1. The highest BCUT2D eigenvalue weighted by Gasteiger charge is 2.17. The van der Waals surface area contributed by atoms with Gasteiger partial charge in [-0.1, -0.05) is 0 Å². The highest BCUT2D eigenvalue weighted by atomic mass is 32.1. The van der Waals surface area contributed by atoms with Gasteiger partial charge in [-0.2, -0.15) is 0 Å². The first-order chi connectivity index (χ1) is 7.66. The van der Waals surface area contributed by atoms with E-state index in [1.807, 2.05) is 11.8 Å². The normalized spacial score (nSPS) is 16.4. The van der Waals surface area contributed by atoms with E-state index in [1.54, 1.807) is 0 Å². The summed E-state index contributed by atoms with van der Waals surface area (Å²) in [6, 6.07) is 0. The van der Waals surface area contributed by atoms with Gasteiger partial charge in [0.05, 0.1) is 6.42 Å². The Morgan fingerprint density at radius 1 is 1.50 bits per heavy atom. The van der Waals surface area contributed by atoms with E-state index in [1.165, 1.54) is 11.3 Å². The number of hydrogen-bond acceptors (Lipinski definition) is 4. The molecule has 0 aliphatic carbocycles. The van der Waals surface area contributed by atoms with E-state index < -0.39 is 0 Å². The van der Waals surface area contributed by atoms with Crippen molar-refractivity contribution < 1.29 is 4.79 Å². The standard InChI is InChI=1S/C10H15N3OS2/c1-7-8(16-10(15)12-7)6-9(14)13-4-2-11-3-5-13/h11H,2-6H2,1H3,(H,12,15). The number of aromatic nitrogens is 1. The molecule has 2 N–H and O–H groups in total. The number of carbonyl (C=O) groups excluding carboxylic acids is 1. The number of amides is 1. The van der Waals surface area contributed by atoms with Crippen molar-refractivity contribution in [3.8, 4) is 0 Å². The molecule has 1 amide bonds. The summed E-state index contributed by atoms with van der Waals surface area (Å²) in [5.41, 5.74) is 1.03. The number of H-pyrrole nitrogens is 1. The van der Waals surface area contributed by atoms with Crippen LogP contribution in [-0.4, -0.2) is 42.0 Å². The molecule has 1 aromatic heterocycles. The summed E-state index contributed by atoms with van der Waals surface area (Å²) in [5, 5.41) is 3.23. The van der Waals surface area contributed by atoms with Gasteiger partial charge in [0.25, 0.3) is 0 Å². The molecule has 0 spiro atoms. The Morgan fingerprint density at radius 3 is 2.75 bits per heavy atom. The third-order valence-corrected chi connectivity index (χ3v) is 4.04. The summed E-state index contributed by atoms with van der Waals surface area (Å²) >= 11 is 6.56. The number of hydrogen-bond donors (Lipinski definition) is 2. The van der Waals surface area contributed by atoms with Crippen LogP contribution in [0.15, 0.2) is 0 Å². The Labute approximate surface area is 104 Å². The van der Waals surface area contributed by atoms with Gasteiger partial charge in [0, 0.05) is 36.8 Å². The zero-order chi connectivity index (χ0) is 11.5. The lowest BCUT2D eigenvalue weighted by Gasteiger charge is -2.27. The van der Waals surface area contributed by atoms with Gasteiger partial charge >= 0.3 is 0 Å². The maximum atomic E-state index is 12.0. The van der Waals surface area contributed by atoms with Crippen LogP contribution >= 0.6 is 23.6 Å². The van der Waals surface area contributed by atoms with Gasteiger partial charge in [0.2, 0.25) is 5.91 Å². The van der Waals surface area contributed by atoms with Crippen LogP contribution in [0.5, 0.6) is 0 Å². The predicted octanol–water partition coefficient (Wildman–Crippen LogP) is 1.09. The summed E-state index contributed by atoms with van der Waals surface area (Å²) in [7, 11) is 0. The van der Waals surface area contributed by atoms with Crippen molar-refractivity contribution >= 4 is 29.5 Å². The maximum absolute atomic E-state index is 12.0. The molecule has 0 atom stereocenters. The monoisotopic (exact) mass is 257 g/mol. The van der Waals surface area contributed by atoms with E-state index in [9.17, 15) is 4.79 Å². The van der Waals surface area contributed by atoms with Crippen molar-refractivity contribution in [2.24, 2.45) is 0 Å². The van der Waals surface area contributed by atoms with Gasteiger partial charge in [-0.25, -0.2) is 0 Å². The number of nitrogens with one attached hydrogen (secondary N) is 2. The van der Waals surface area contributed by atoms with Crippen LogP contribution in [0.1, 0.15) is 10.6 Å². The molecule has 0 bridgehead atoms. The molecule has 88 valence electrons. The van der Waals surface area contributed by atoms with Crippen LogP contribution in [0, 0.1) is 10.9 Å². The van der Waals surface area contributed by atoms with Crippen LogP contribution in [0.2, 0.25) is 0 Å². The molecule has 2 rings (SSSR count). The summed E-state index contributed by atoms with van der Waals surface area (Å²) in [4.78, 5) is 18.0. The largest absolute Gasteiger partial charge is 0.341 e. The number of carbonyl (C=O) groups is 1. The van der Waals surface area contributed by atoms with E-state index in [0.29, 0.717) is 6.42 Å². The molecule has 1 aliphatic heterocycles. The highest BCUT2D eigenvalue weighted by molar-refractivity contribution is 7.73. The molecule has 0 radical (unpaired) electrons. The van der Waals surface area contributed by atoms with Crippen LogP contribution in [0.3, 0.4) is 0 Å². The Hall–Kier alpha value is -0.720. The fourth-order valence-electron chi connectivity index (χ4n) is 1.77. The van der Waals surface area contributed by atoms with Crippen molar-refractivity contribution in [3.63, 3.8) is 0 Å².